The van der Waals surface area contributed by atoms with Gasteiger partial charge in [-0.2, -0.15) is 13.5 Å². The van der Waals surface area contributed by atoms with Crippen LogP contribution in [0.25, 0.3) is 16.3 Å². The molecule has 202 valence electrons. The lowest BCUT2D eigenvalue weighted by Crippen LogP contribution is -2.53. The number of nitrogens with zero attached hydrogens (tertiary/aromatic N) is 5. The van der Waals surface area contributed by atoms with E-state index in [-0.39, 0.29) is 28.7 Å². The number of carbonyl (C=O) groups is 1. The maximum Gasteiger partial charge on any atom is 0.294 e. The van der Waals surface area contributed by atoms with E-state index in [4.69, 9.17) is 10.1 Å². The Morgan fingerprint density at radius 1 is 1.05 bits per heavy atom. The predicted octanol–water partition coefficient (Wildman–Crippen LogP) is 5.16. The molecule has 1 spiro atoms. The average Bonchev–Trinajstić information content (AvgIpc) is 3.62. The van der Waals surface area contributed by atoms with E-state index < -0.39 is 20.0 Å². The molecule has 0 radical (unpaired) electrons. The summed E-state index contributed by atoms with van der Waals surface area (Å²) in [6.07, 6.45) is 3.45. The van der Waals surface area contributed by atoms with E-state index in [0.29, 0.717) is 22.1 Å². The maximum atomic E-state index is 13.4. The zero-order chi connectivity index (χ0) is 28.1. The molecule has 3 heterocycles. The summed E-state index contributed by atoms with van der Waals surface area (Å²) in [7, 11) is -4.51. The molecular formula is C26H19N5O6S3. The Labute approximate surface area is 236 Å². The molecule has 2 aliphatic heterocycles. The lowest BCUT2D eigenvalue weighted by Gasteiger charge is -2.39. The summed E-state index contributed by atoms with van der Waals surface area (Å²) in [4.78, 5) is 29.2. The Hall–Kier alpha value is -4.11. The van der Waals surface area contributed by atoms with Gasteiger partial charge in [0, 0.05) is 12.5 Å². The van der Waals surface area contributed by atoms with Crippen molar-refractivity contribution in [3.63, 3.8) is 0 Å². The molecule has 4 aromatic rings. The van der Waals surface area contributed by atoms with Crippen molar-refractivity contribution in [3.8, 4) is 0 Å². The monoisotopic (exact) mass is 593 g/mol. The third-order valence-corrected chi connectivity index (χ3v) is 9.64. The summed E-state index contributed by atoms with van der Waals surface area (Å²) < 4.78 is 34.4. The van der Waals surface area contributed by atoms with Gasteiger partial charge in [0.25, 0.3) is 15.8 Å². The lowest BCUT2D eigenvalue weighted by atomic mass is 10.1. The largest absolute Gasteiger partial charge is 0.294 e. The molecule has 1 amide bonds. The van der Waals surface area contributed by atoms with Crippen molar-refractivity contribution in [1.29, 1.82) is 0 Å². The number of nitro benzene ring substituents is 1. The number of allylic oxidation sites excluding steroid dienone is 1. The number of rotatable bonds is 6. The fourth-order valence-corrected chi connectivity index (χ4v) is 7.61. The van der Waals surface area contributed by atoms with E-state index in [2.05, 4.69) is 0 Å². The first kappa shape index (κ1) is 26.1. The van der Waals surface area contributed by atoms with Gasteiger partial charge >= 0.3 is 0 Å². The lowest BCUT2D eigenvalue weighted by molar-refractivity contribution is -0.385. The number of hydrogen-bond donors (Lipinski definition) is 1. The number of para-hydroxylation sites is 2. The molecular weight excluding hydrogens is 575 g/mol. The molecule has 1 fully saturated rings. The van der Waals surface area contributed by atoms with Gasteiger partial charge in [-0.1, -0.05) is 53.4 Å². The molecule has 1 saturated heterocycles. The minimum Gasteiger partial charge on any atom is -0.282 e. The normalized spacial score (nSPS) is 19.3. The minimum atomic E-state index is -4.51. The third-order valence-electron chi connectivity index (χ3n) is 6.42. The van der Waals surface area contributed by atoms with Crippen molar-refractivity contribution in [2.24, 2.45) is 5.10 Å². The minimum absolute atomic E-state index is 0.0636. The van der Waals surface area contributed by atoms with Crippen LogP contribution in [0.2, 0.25) is 0 Å². The van der Waals surface area contributed by atoms with Gasteiger partial charge in [-0.15, -0.1) is 0 Å². The van der Waals surface area contributed by atoms with Crippen molar-refractivity contribution in [2.75, 3.05) is 15.7 Å². The summed E-state index contributed by atoms with van der Waals surface area (Å²) in [6.45, 7) is 0. The maximum absolute atomic E-state index is 13.4. The SMILES string of the molecule is O=C1CSC2(CC(/C=C/c3ccccc3[N+](=O)[O-])=NN2c2cccc(S(=O)(=O)O)c2)N1c1nc2ccccc2s1. The number of carbonyl (C=O) groups excluding carboxylic acids is 1. The molecule has 2 aliphatic rings. The number of anilines is 2. The van der Waals surface area contributed by atoms with Crippen LogP contribution in [0.5, 0.6) is 0 Å². The number of amides is 1. The third kappa shape index (κ3) is 4.54. The molecule has 1 atom stereocenters. The van der Waals surface area contributed by atoms with Crippen LogP contribution in [-0.2, 0) is 14.9 Å². The number of fused-ring (bicyclic) bond motifs is 1. The van der Waals surface area contributed by atoms with Crippen LogP contribution < -0.4 is 9.91 Å². The van der Waals surface area contributed by atoms with Crippen LogP contribution in [0.1, 0.15) is 12.0 Å². The number of thiazole rings is 1. The highest BCUT2D eigenvalue weighted by atomic mass is 32.2. The van der Waals surface area contributed by atoms with Crippen LogP contribution in [-0.4, -0.2) is 45.2 Å². The van der Waals surface area contributed by atoms with Crippen LogP contribution >= 0.6 is 23.1 Å². The number of nitro groups is 1. The fraction of sp³-hybridized carbons (Fsp3) is 0.115. The van der Waals surface area contributed by atoms with Crippen LogP contribution in [0.4, 0.5) is 16.5 Å². The molecule has 0 bridgehead atoms. The van der Waals surface area contributed by atoms with Crippen molar-refractivity contribution in [3.05, 3.63) is 94.6 Å². The Morgan fingerprint density at radius 2 is 1.82 bits per heavy atom. The zero-order valence-corrected chi connectivity index (χ0v) is 22.9. The highest BCUT2D eigenvalue weighted by Crippen LogP contribution is 2.51. The second-order valence-electron chi connectivity index (χ2n) is 8.93. The summed E-state index contributed by atoms with van der Waals surface area (Å²) in [5.74, 6) is -0.0692. The summed E-state index contributed by atoms with van der Waals surface area (Å²) in [5.41, 5.74) is 1.89. The van der Waals surface area contributed by atoms with Crippen molar-refractivity contribution in [1.82, 2.24) is 4.98 Å². The van der Waals surface area contributed by atoms with Gasteiger partial charge in [0.15, 0.2) is 10.1 Å². The van der Waals surface area contributed by atoms with E-state index in [9.17, 15) is 27.9 Å². The molecule has 11 nitrogen and oxygen atoms in total. The first-order chi connectivity index (χ1) is 19.2. The number of thioether (sulfide) groups is 1. The number of hydrogen-bond acceptors (Lipinski definition) is 10. The van der Waals surface area contributed by atoms with Crippen LogP contribution in [0, 0.1) is 10.1 Å². The van der Waals surface area contributed by atoms with Gasteiger partial charge in [-0.05, 0) is 48.6 Å². The van der Waals surface area contributed by atoms with Gasteiger partial charge in [-0.25, -0.2) is 9.99 Å². The number of hydrazone groups is 1. The van der Waals surface area contributed by atoms with Gasteiger partial charge in [0.2, 0.25) is 5.91 Å². The van der Waals surface area contributed by atoms with Crippen molar-refractivity contribution < 1.29 is 22.7 Å². The molecule has 1 aromatic heterocycles. The number of benzene rings is 3. The quantitative estimate of drug-likeness (QED) is 0.182. The average molecular weight is 594 g/mol. The smallest absolute Gasteiger partial charge is 0.282 e. The Kier molecular flexibility index (Phi) is 6.41. The zero-order valence-electron chi connectivity index (χ0n) is 20.4. The van der Waals surface area contributed by atoms with E-state index in [1.807, 2.05) is 24.3 Å². The Balaban J connectivity index is 1.48. The molecule has 1 N–H and O–H groups in total. The summed E-state index contributed by atoms with van der Waals surface area (Å²) >= 11 is 2.68. The molecule has 0 aliphatic carbocycles. The number of aromatic nitrogens is 1. The van der Waals surface area contributed by atoms with E-state index in [0.717, 1.165) is 10.2 Å². The van der Waals surface area contributed by atoms with E-state index in [1.165, 1.54) is 47.4 Å². The molecule has 6 rings (SSSR count). The topological polar surface area (TPSA) is 146 Å². The predicted molar refractivity (Wildman–Crippen MR) is 155 cm³/mol. The first-order valence-electron chi connectivity index (χ1n) is 11.9. The van der Waals surface area contributed by atoms with Gasteiger partial charge in [-0.3, -0.25) is 24.4 Å². The highest BCUT2D eigenvalue weighted by Gasteiger charge is 2.56. The van der Waals surface area contributed by atoms with Crippen molar-refractivity contribution in [2.45, 2.75) is 16.3 Å². The molecule has 40 heavy (non-hydrogen) atoms. The van der Waals surface area contributed by atoms with E-state index >= 15 is 0 Å². The molecule has 14 heteroatoms. The highest BCUT2D eigenvalue weighted by molar-refractivity contribution is 8.02. The van der Waals surface area contributed by atoms with Gasteiger partial charge in [0.05, 0.1) is 42.8 Å². The molecule has 3 aromatic carbocycles. The second kappa shape index (κ2) is 9.82. The first-order valence-corrected chi connectivity index (χ1v) is 15.1. The van der Waals surface area contributed by atoms with Gasteiger partial charge in [0.1, 0.15) is 0 Å². The van der Waals surface area contributed by atoms with Crippen LogP contribution in [0.15, 0.2) is 88.9 Å². The van der Waals surface area contributed by atoms with Gasteiger partial charge < -0.3 is 0 Å². The molecule has 0 saturated carbocycles. The molecule has 1 unspecified atom stereocenters. The van der Waals surface area contributed by atoms with Crippen molar-refractivity contribution >= 4 is 77.6 Å². The summed E-state index contributed by atoms with van der Waals surface area (Å²) in [5, 5.41) is 18.3. The Morgan fingerprint density at radius 3 is 2.60 bits per heavy atom. The Bertz CT molecular complexity index is 1820. The standard InChI is InChI=1S/C26H19N5O6S3/c32-24-16-38-26(29(24)25-27-21-9-2-4-11-23(21)39-25)15-18(13-12-17-6-1-3-10-22(17)31(33)34)28-30(26)19-7-5-8-20(14-19)40(35,36)37/h1-14H,15-16H2,(H,35,36,37)/b13-12+. The van der Waals surface area contributed by atoms with Crippen LogP contribution in [0.3, 0.4) is 0 Å². The second-order valence-corrected chi connectivity index (χ2v) is 12.6. The van der Waals surface area contributed by atoms with E-state index in [1.54, 1.807) is 46.3 Å². The summed E-state index contributed by atoms with van der Waals surface area (Å²) in [6, 6.07) is 19.5. The fourth-order valence-electron chi connectivity index (χ4n) is 4.66.